The fraction of sp³-hybridized carbons (Fsp3) is 0.579. The van der Waals surface area contributed by atoms with E-state index in [2.05, 4.69) is 11.0 Å². The van der Waals surface area contributed by atoms with Crippen molar-refractivity contribution < 1.29 is 14.3 Å². The van der Waals surface area contributed by atoms with E-state index in [0.717, 1.165) is 51.1 Å². The van der Waals surface area contributed by atoms with Gasteiger partial charge in [0.25, 0.3) is 0 Å². The minimum absolute atomic E-state index is 0. The number of nitrogens with zero attached hydrogens (tertiary/aromatic N) is 2. The number of unbranched alkanes of at least 4 members (excludes halogenated alkanes) is 1. The Morgan fingerprint density at radius 3 is 2.76 bits per heavy atom. The number of halogens is 1. The molecule has 1 fully saturated rings. The van der Waals surface area contributed by atoms with Gasteiger partial charge in [0.15, 0.2) is 0 Å². The van der Waals surface area contributed by atoms with Gasteiger partial charge in [-0.3, -0.25) is 4.79 Å². The average molecular weight is 367 g/mol. The third-order valence-electron chi connectivity index (χ3n) is 4.25. The minimum atomic E-state index is -0.0497. The summed E-state index contributed by atoms with van der Waals surface area (Å²) in [5, 5.41) is 8.76. The van der Waals surface area contributed by atoms with Crippen LogP contribution < -0.4 is 4.74 Å². The predicted molar refractivity (Wildman–Crippen MR) is 98.9 cm³/mol. The second-order valence-corrected chi connectivity index (χ2v) is 6.08. The molecule has 1 atom stereocenters. The maximum absolute atomic E-state index is 11.8. The molecule has 0 aromatic heterocycles. The number of benzene rings is 1. The lowest BCUT2D eigenvalue weighted by atomic mass is 9.98. The SMILES string of the molecule is CCOC(=O)C1CCCN(CCCCOc2ccc(C#N)cc2)C1.Cl. The van der Waals surface area contributed by atoms with E-state index in [1.165, 1.54) is 0 Å². The molecule has 1 aromatic carbocycles. The Labute approximate surface area is 156 Å². The third kappa shape index (κ3) is 7.33. The van der Waals surface area contributed by atoms with Gasteiger partial charge in [-0.1, -0.05) is 0 Å². The Kier molecular flexibility index (Phi) is 9.98. The number of carbonyl (C=O) groups excluding carboxylic acids is 1. The molecule has 0 N–H and O–H groups in total. The maximum Gasteiger partial charge on any atom is 0.310 e. The molecule has 5 nitrogen and oxygen atoms in total. The van der Waals surface area contributed by atoms with Gasteiger partial charge in [0.05, 0.1) is 30.8 Å². The summed E-state index contributed by atoms with van der Waals surface area (Å²) in [4.78, 5) is 14.2. The minimum Gasteiger partial charge on any atom is -0.494 e. The van der Waals surface area contributed by atoms with E-state index in [1.54, 1.807) is 12.1 Å². The summed E-state index contributed by atoms with van der Waals surface area (Å²) < 4.78 is 10.8. The second-order valence-electron chi connectivity index (χ2n) is 6.08. The Morgan fingerprint density at radius 2 is 2.08 bits per heavy atom. The summed E-state index contributed by atoms with van der Waals surface area (Å²) in [6.45, 7) is 5.85. The molecular formula is C19H27ClN2O3. The topological polar surface area (TPSA) is 62.6 Å². The van der Waals surface area contributed by atoms with Crippen LogP contribution in [0, 0.1) is 17.2 Å². The molecule has 6 heteroatoms. The van der Waals surface area contributed by atoms with Crippen LogP contribution in [-0.4, -0.2) is 43.7 Å². The molecule has 0 amide bonds. The smallest absolute Gasteiger partial charge is 0.310 e. The lowest BCUT2D eigenvalue weighted by Crippen LogP contribution is -2.39. The normalized spacial score (nSPS) is 17.2. The molecule has 0 spiro atoms. The highest BCUT2D eigenvalue weighted by molar-refractivity contribution is 5.85. The molecule has 1 aliphatic rings. The standard InChI is InChI=1S/C19H26N2O3.ClH/c1-2-23-19(22)17-6-5-12-21(15-17)11-3-4-13-24-18-9-7-16(14-20)8-10-18;/h7-10,17H,2-6,11-13,15H2,1H3;1H. The predicted octanol–water partition coefficient (Wildman–Crippen LogP) is 3.41. The van der Waals surface area contributed by atoms with Crippen LogP contribution in [0.5, 0.6) is 5.75 Å². The molecule has 2 rings (SSSR count). The van der Waals surface area contributed by atoms with Gasteiger partial charge in [0.1, 0.15) is 5.75 Å². The molecule has 0 aliphatic carbocycles. The second kappa shape index (κ2) is 11.7. The van der Waals surface area contributed by atoms with Crippen molar-refractivity contribution in [1.29, 1.82) is 5.26 Å². The van der Waals surface area contributed by atoms with E-state index in [-0.39, 0.29) is 24.3 Å². The van der Waals surface area contributed by atoms with Gasteiger partial charge >= 0.3 is 5.97 Å². The van der Waals surface area contributed by atoms with Crippen molar-refractivity contribution in [3.05, 3.63) is 29.8 Å². The maximum atomic E-state index is 11.8. The zero-order chi connectivity index (χ0) is 17.2. The number of hydrogen-bond donors (Lipinski definition) is 0. The number of likely N-dealkylation sites (tertiary alicyclic amines) is 1. The number of carbonyl (C=O) groups is 1. The highest BCUT2D eigenvalue weighted by atomic mass is 35.5. The van der Waals surface area contributed by atoms with Crippen molar-refractivity contribution in [2.45, 2.75) is 32.6 Å². The van der Waals surface area contributed by atoms with E-state index < -0.39 is 0 Å². The number of rotatable bonds is 8. The van der Waals surface area contributed by atoms with Crippen LogP contribution in [0.2, 0.25) is 0 Å². The molecule has 1 unspecified atom stereocenters. The molecule has 0 radical (unpaired) electrons. The van der Waals surface area contributed by atoms with Crippen molar-refractivity contribution in [3.63, 3.8) is 0 Å². The van der Waals surface area contributed by atoms with Crippen LogP contribution in [0.15, 0.2) is 24.3 Å². The summed E-state index contributed by atoms with van der Waals surface area (Å²) in [7, 11) is 0. The van der Waals surface area contributed by atoms with E-state index in [0.29, 0.717) is 18.8 Å². The number of hydrogen-bond acceptors (Lipinski definition) is 5. The van der Waals surface area contributed by atoms with E-state index >= 15 is 0 Å². The zero-order valence-corrected chi connectivity index (χ0v) is 15.6. The fourth-order valence-corrected chi connectivity index (χ4v) is 2.96. The van der Waals surface area contributed by atoms with Crippen LogP contribution in [0.4, 0.5) is 0 Å². The monoisotopic (exact) mass is 366 g/mol. The first-order valence-electron chi connectivity index (χ1n) is 8.75. The van der Waals surface area contributed by atoms with Crippen LogP contribution in [0.1, 0.15) is 38.2 Å². The van der Waals surface area contributed by atoms with E-state index in [1.807, 2.05) is 19.1 Å². The largest absolute Gasteiger partial charge is 0.494 e. The molecule has 1 saturated heterocycles. The number of ether oxygens (including phenoxy) is 2. The Bertz CT molecular complexity index is 557. The molecule has 0 bridgehead atoms. The van der Waals surface area contributed by atoms with Crippen LogP contribution >= 0.6 is 12.4 Å². The van der Waals surface area contributed by atoms with Gasteiger partial charge in [0.2, 0.25) is 0 Å². The quantitative estimate of drug-likeness (QED) is 0.521. The first kappa shape index (κ1) is 21.3. The summed E-state index contributed by atoms with van der Waals surface area (Å²) in [6, 6.07) is 9.27. The number of esters is 1. The van der Waals surface area contributed by atoms with Gasteiger partial charge in [-0.15, -0.1) is 12.4 Å². The molecule has 1 aromatic rings. The lowest BCUT2D eigenvalue weighted by Gasteiger charge is -2.31. The van der Waals surface area contributed by atoms with Gasteiger partial charge < -0.3 is 14.4 Å². The fourth-order valence-electron chi connectivity index (χ4n) is 2.96. The molecule has 25 heavy (non-hydrogen) atoms. The van der Waals surface area contributed by atoms with Gasteiger partial charge in [0, 0.05) is 6.54 Å². The molecule has 1 aliphatic heterocycles. The molecule has 0 saturated carbocycles. The average Bonchev–Trinajstić information content (AvgIpc) is 2.62. The van der Waals surface area contributed by atoms with Gasteiger partial charge in [-0.05, 0) is 70.0 Å². The van der Waals surface area contributed by atoms with Crippen molar-refractivity contribution >= 4 is 18.4 Å². The van der Waals surface area contributed by atoms with E-state index in [9.17, 15) is 4.79 Å². The third-order valence-corrected chi connectivity index (χ3v) is 4.25. The summed E-state index contributed by atoms with van der Waals surface area (Å²) in [5.41, 5.74) is 0.642. The van der Waals surface area contributed by atoms with Crippen molar-refractivity contribution in [2.24, 2.45) is 5.92 Å². The van der Waals surface area contributed by atoms with E-state index in [4.69, 9.17) is 14.7 Å². The summed E-state index contributed by atoms with van der Waals surface area (Å²) in [5.74, 6) is 0.786. The van der Waals surface area contributed by atoms with Gasteiger partial charge in [-0.25, -0.2) is 0 Å². The van der Waals surface area contributed by atoms with Crippen molar-refractivity contribution in [2.75, 3.05) is 32.8 Å². The molecule has 138 valence electrons. The number of nitriles is 1. The molecular weight excluding hydrogens is 340 g/mol. The first-order chi connectivity index (χ1) is 11.7. The number of piperidine rings is 1. The molecule has 1 heterocycles. The lowest BCUT2D eigenvalue weighted by molar-refractivity contribution is -0.149. The summed E-state index contributed by atoms with van der Waals surface area (Å²) >= 11 is 0. The van der Waals surface area contributed by atoms with Crippen LogP contribution in [0.25, 0.3) is 0 Å². The first-order valence-corrected chi connectivity index (χ1v) is 8.75. The summed E-state index contributed by atoms with van der Waals surface area (Å²) in [6.07, 6.45) is 4.02. The highest BCUT2D eigenvalue weighted by Crippen LogP contribution is 2.18. The van der Waals surface area contributed by atoms with Crippen LogP contribution in [-0.2, 0) is 9.53 Å². The van der Waals surface area contributed by atoms with Gasteiger partial charge in [-0.2, -0.15) is 5.26 Å². The Balaban J connectivity index is 0.00000312. The highest BCUT2D eigenvalue weighted by Gasteiger charge is 2.26. The Hall–Kier alpha value is -1.77. The van der Waals surface area contributed by atoms with Crippen LogP contribution in [0.3, 0.4) is 0 Å². The van der Waals surface area contributed by atoms with Crippen molar-refractivity contribution in [1.82, 2.24) is 4.90 Å². The Morgan fingerprint density at radius 1 is 1.32 bits per heavy atom. The van der Waals surface area contributed by atoms with Crippen molar-refractivity contribution in [3.8, 4) is 11.8 Å². The zero-order valence-electron chi connectivity index (χ0n) is 14.8.